The second-order valence-electron chi connectivity index (χ2n) is 8.15. The zero-order chi connectivity index (χ0) is 22.2. The van der Waals surface area contributed by atoms with Gasteiger partial charge in [-0.25, -0.2) is 0 Å². The minimum atomic E-state index is -0.0432. The quantitative estimate of drug-likeness (QED) is 0.475. The van der Waals surface area contributed by atoms with Crippen molar-refractivity contribution in [2.75, 3.05) is 18.1 Å². The summed E-state index contributed by atoms with van der Waals surface area (Å²) >= 11 is 0. The van der Waals surface area contributed by atoms with Crippen molar-refractivity contribution in [3.63, 3.8) is 0 Å². The third-order valence-electron chi connectivity index (χ3n) is 6.02. The number of ketones is 1. The van der Waals surface area contributed by atoms with Crippen molar-refractivity contribution in [1.29, 1.82) is 0 Å². The van der Waals surface area contributed by atoms with Gasteiger partial charge in [0.25, 0.3) is 0 Å². The van der Waals surface area contributed by atoms with E-state index in [4.69, 9.17) is 9.47 Å². The van der Waals surface area contributed by atoms with Crippen LogP contribution < -0.4 is 14.4 Å². The molecule has 0 saturated carbocycles. The minimum absolute atomic E-state index is 0.0432. The van der Waals surface area contributed by atoms with Crippen molar-refractivity contribution in [3.05, 3.63) is 94.4 Å². The molecule has 0 fully saturated rings. The van der Waals surface area contributed by atoms with Crippen molar-refractivity contribution in [2.45, 2.75) is 20.4 Å². The summed E-state index contributed by atoms with van der Waals surface area (Å²) in [5.41, 5.74) is 7.06. The number of Topliss-reactive ketones (excluding diaryl/α,β-unsaturated/α-hetero) is 1. The molecule has 0 radical (unpaired) electrons. The Morgan fingerprint density at radius 3 is 2.44 bits per heavy atom. The summed E-state index contributed by atoms with van der Waals surface area (Å²) < 4.78 is 11.6. The average molecular weight is 422 g/mol. The second kappa shape index (κ2) is 8.11. The van der Waals surface area contributed by atoms with Gasteiger partial charge in [-0.15, -0.1) is 0 Å². The average Bonchev–Trinajstić information content (AvgIpc) is 2.82. The maximum atomic E-state index is 13.5. The summed E-state index contributed by atoms with van der Waals surface area (Å²) in [5, 5.41) is 0. The Labute approximate surface area is 188 Å². The molecule has 2 aliphatic rings. The maximum absolute atomic E-state index is 13.5. The Kier molecular flexibility index (Phi) is 5.13. The number of hydrogen-bond acceptors (Lipinski definition) is 5. The number of carbonyl (C=O) groups is 1. The number of anilines is 1. The van der Waals surface area contributed by atoms with E-state index in [1.54, 1.807) is 12.4 Å². The molecule has 0 spiro atoms. The molecule has 3 aromatic rings. The number of hydrogen-bond donors (Lipinski definition) is 0. The van der Waals surface area contributed by atoms with Gasteiger partial charge in [-0.05, 0) is 0 Å². The molecule has 0 unspecified atom stereocenters. The first kappa shape index (κ1) is 20.2. The summed E-state index contributed by atoms with van der Waals surface area (Å²) in [6, 6.07) is 13.7. The van der Waals surface area contributed by atoms with E-state index < -0.39 is 0 Å². The molecule has 0 bridgehead atoms. The van der Waals surface area contributed by atoms with Gasteiger partial charge in [0, 0.05) is 0 Å². The van der Waals surface area contributed by atoms with E-state index in [1.807, 2.05) is 62.5 Å². The van der Waals surface area contributed by atoms with Crippen LogP contribution in [-0.2, 0) is 6.54 Å². The fourth-order valence-corrected chi connectivity index (χ4v) is 4.06. The fraction of sp³-hybridized carbons (Fsp3) is 0.192. The van der Waals surface area contributed by atoms with Gasteiger partial charge in [-0.1, -0.05) is 0 Å². The first-order valence-electron chi connectivity index (χ1n) is 10.6. The zero-order valence-corrected chi connectivity index (χ0v) is 18.2. The summed E-state index contributed by atoms with van der Waals surface area (Å²) in [7, 11) is 4.29. The van der Waals surface area contributed by atoms with Gasteiger partial charge in [0.2, 0.25) is 0 Å². The van der Waals surface area contributed by atoms with Gasteiger partial charge in [0.1, 0.15) is 0 Å². The number of fused-ring (bicyclic) bond motifs is 2. The molecule has 32 heavy (non-hydrogen) atoms. The zero-order valence-electron chi connectivity index (χ0n) is 18.2. The van der Waals surface area contributed by atoms with Gasteiger partial charge < -0.3 is 0 Å². The molecule has 0 atom stereocenters. The Hall–Kier alpha value is -3.67. The molecule has 2 aliphatic heterocycles. The third-order valence-corrected chi connectivity index (χ3v) is 6.02. The van der Waals surface area contributed by atoms with Gasteiger partial charge in [-0.3, -0.25) is 0 Å². The van der Waals surface area contributed by atoms with Crippen molar-refractivity contribution >= 4 is 24.4 Å². The number of rotatable bonds is 4. The molecule has 5 rings (SSSR count). The summed E-state index contributed by atoms with van der Waals surface area (Å²) in [6.45, 7) is 5.67. The molecule has 2 aromatic carbocycles. The van der Waals surface area contributed by atoms with Crippen LogP contribution in [0.5, 0.6) is 11.5 Å². The number of carbonyl (C=O) groups excluding carboxylic acids is 1. The Morgan fingerprint density at radius 2 is 1.72 bits per heavy atom. The van der Waals surface area contributed by atoms with E-state index >= 15 is 0 Å². The molecule has 0 N–H and O–H groups in total. The predicted octanol–water partition coefficient (Wildman–Crippen LogP) is 3.68. The van der Waals surface area contributed by atoms with Crippen LogP contribution in [0.2, 0.25) is 0 Å². The molecule has 0 amide bonds. The van der Waals surface area contributed by atoms with Crippen molar-refractivity contribution in [1.82, 2.24) is 4.98 Å². The third kappa shape index (κ3) is 3.62. The van der Waals surface area contributed by atoms with E-state index in [0.29, 0.717) is 47.9 Å². The van der Waals surface area contributed by atoms with Crippen LogP contribution in [0.1, 0.15) is 32.6 Å². The number of benzene rings is 2. The van der Waals surface area contributed by atoms with Gasteiger partial charge >= 0.3 is 188 Å². The molecular weight excluding hydrogens is 399 g/mol. The summed E-state index contributed by atoms with van der Waals surface area (Å²) in [4.78, 5) is 19.7. The van der Waals surface area contributed by atoms with Crippen molar-refractivity contribution < 1.29 is 14.3 Å². The number of pyridine rings is 1. The van der Waals surface area contributed by atoms with Crippen molar-refractivity contribution in [2.24, 2.45) is 0 Å². The normalized spacial score (nSPS) is 14.6. The van der Waals surface area contributed by atoms with Gasteiger partial charge in [-0.2, -0.15) is 0 Å². The number of aromatic nitrogens is 1. The Morgan fingerprint density at radius 1 is 1.00 bits per heavy atom. The van der Waals surface area contributed by atoms with Crippen LogP contribution in [-0.4, -0.2) is 36.9 Å². The predicted molar refractivity (Wildman–Crippen MR) is 127 cm³/mol. The molecule has 1 aromatic heterocycles. The van der Waals surface area contributed by atoms with E-state index in [-0.39, 0.29) is 5.78 Å². The van der Waals surface area contributed by atoms with Crippen LogP contribution in [0, 0.1) is 13.8 Å². The number of nitrogens with zero attached hydrogens (tertiary/aromatic N) is 2. The van der Waals surface area contributed by atoms with Crippen LogP contribution in [0.4, 0.5) is 5.69 Å². The molecule has 5 nitrogen and oxygen atoms in total. The SMILES string of the molecule is B=C1C(C(=O)c2ccc(C)c(C)c2)=CN(Cc2ccncc2)c2cc3c(cc21)OCCO3. The molecule has 3 heterocycles. The number of ether oxygens (including phenoxy) is 2. The van der Waals surface area contributed by atoms with E-state index in [1.165, 1.54) is 0 Å². The van der Waals surface area contributed by atoms with Crippen molar-refractivity contribution in [3.8, 4) is 11.5 Å². The standard InChI is InChI=1S/C26H23BN2O3/c1-16-3-4-19(11-17(16)2)26(30)21-15-29(14-18-5-7-28-8-6-18)22-13-24-23(31-9-10-32-24)12-20(22)25(21)27/h3-8,11-13,15,27H,9-10,14H2,1-2H3. The van der Waals surface area contributed by atoms with E-state index in [0.717, 1.165) is 27.9 Å². The fourth-order valence-electron chi connectivity index (χ4n) is 4.06. The van der Waals surface area contributed by atoms with Gasteiger partial charge in [0.05, 0.1) is 0 Å². The van der Waals surface area contributed by atoms with Crippen LogP contribution in [0.25, 0.3) is 0 Å². The summed E-state index contributed by atoms with van der Waals surface area (Å²) in [5.74, 6) is 1.35. The number of allylic oxidation sites excluding steroid dienone is 1. The van der Waals surface area contributed by atoms with Gasteiger partial charge in [0.15, 0.2) is 0 Å². The molecule has 6 heteroatoms. The molecule has 158 valence electrons. The number of aryl methyl sites for hydroxylation is 2. The van der Waals surface area contributed by atoms with Crippen LogP contribution in [0.3, 0.4) is 0 Å². The molecular formula is C26H23BN2O3. The van der Waals surface area contributed by atoms with E-state index in [2.05, 4.69) is 17.4 Å². The van der Waals surface area contributed by atoms with E-state index in [9.17, 15) is 4.79 Å². The topological polar surface area (TPSA) is 51.7 Å². The summed E-state index contributed by atoms with van der Waals surface area (Å²) in [6.07, 6.45) is 5.44. The Balaban J connectivity index is 1.61. The molecule has 0 aliphatic carbocycles. The monoisotopic (exact) mass is 422 g/mol. The second-order valence-corrected chi connectivity index (χ2v) is 8.15. The van der Waals surface area contributed by atoms with Crippen LogP contribution >= 0.6 is 0 Å². The molecule has 0 saturated heterocycles. The Bertz CT molecular complexity index is 1270. The van der Waals surface area contributed by atoms with Crippen LogP contribution in [0.15, 0.2) is 66.6 Å². The first-order valence-corrected chi connectivity index (χ1v) is 10.6. The first-order chi connectivity index (χ1) is 15.5.